The molecule has 0 aromatic heterocycles. The number of nitrogens with zero attached hydrogens (tertiary/aromatic N) is 3. The minimum absolute atomic E-state index is 0.0185. The molecule has 2 atom stereocenters. The number of aliphatic imine (C=N–C) groups is 1. The SMILES string of the molecule is CCN(CC)c1ccc(N2C(=NC(=O)CCNC(=O)OC(C)(C)C)SC3CS(=O)(=O)CC32)c(C)c1. The lowest BCUT2D eigenvalue weighted by Crippen LogP contribution is -2.38. The lowest BCUT2D eigenvalue weighted by atomic mass is 10.1. The molecule has 0 spiro atoms. The number of rotatable bonds is 7. The van der Waals surface area contributed by atoms with Crippen LogP contribution < -0.4 is 15.1 Å². The summed E-state index contributed by atoms with van der Waals surface area (Å²) in [5, 5.41) is 2.91. The molecule has 1 N–H and O–H groups in total. The molecule has 2 heterocycles. The molecule has 194 valence electrons. The predicted molar refractivity (Wildman–Crippen MR) is 142 cm³/mol. The van der Waals surface area contributed by atoms with E-state index in [0.29, 0.717) is 5.17 Å². The zero-order chi connectivity index (χ0) is 26.0. The molecule has 1 aromatic carbocycles. The number of amides is 2. The van der Waals surface area contributed by atoms with Gasteiger partial charge in [0.15, 0.2) is 15.0 Å². The highest BCUT2D eigenvalue weighted by molar-refractivity contribution is 8.16. The number of anilines is 2. The average Bonchev–Trinajstić information content (AvgIpc) is 3.18. The summed E-state index contributed by atoms with van der Waals surface area (Å²) in [6, 6.07) is 5.84. The van der Waals surface area contributed by atoms with Crippen molar-refractivity contribution in [1.29, 1.82) is 0 Å². The van der Waals surface area contributed by atoms with E-state index in [1.165, 1.54) is 11.8 Å². The molecule has 2 aliphatic heterocycles. The minimum atomic E-state index is -3.15. The van der Waals surface area contributed by atoms with Gasteiger partial charge in [0.1, 0.15) is 5.60 Å². The third kappa shape index (κ3) is 6.91. The maximum atomic E-state index is 12.7. The Morgan fingerprint density at radius 1 is 1.23 bits per heavy atom. The first-order chi connectivity index (χ1) is 16.3. The van der Waals surface area contributed by atoms with Crippen LogP contribution in [0.5, 0.6) is 0 Å². The number of carbonyl (C=O) groups is 2. The van der Waals surface area contributed by atoms with Crippen molar-refractivity contribution in [2.24, 2.45) is 4.99 Å². The Morgan fingerprint density at radius 2 is 1.91 bits per heavy atom. The summed E-state index contributed by atoms with van der Waals surface area (Å²) in [6.07, 6.45) is -0.566. The second-order valence-corrected chi connectivity index (χ2v) is 13.1. The Morgan fingerprint density at radius 3 is 2.51 bits per heavy atom. The second-order valence-electron chi connectivity index (χ2n) is 9.78. The van der Waals surface area contributed by atoms with Crippen LogP contribution in [-0.4, -0.2) is 73.6 Å². The van der Waals surface area contributed by atoms with E-state index >= 15 is 0 Å². The molecule has 35 heavy (non-hydrogen) atoms. The van der Waals surface area contributed by atoms with E-state index in [2.05, 4.69) is 35.1 Å². The molecule has 0 aliphatic carbocycles. The molecule has 0 radical (unpaired) electrons. The number of carbonyl (C=O) groups excluding carboxylic acids is 2. The van der Waals surface area contributed by atoms with Gasteiger partial charge in [-0.05, 0) is 65.3 Å². The van der Waals surface area contributed by atoms with Gasteiger partial charge in [-0.1, -0.05) is 11.8 Å². The normalized spacial score (nSPS) is 22.2. The number of aryl methyl sites for hydroxylation is 1. The maximum Gasteiger partial charge on any atom is 0.407 e. The van der Waals surface area contributed by atoms with Gasteiger partial charge in [-0.2, -0.15) is 4.99 Å². The molecule has 11 heteroatoms. The van der Waals surface area contributed by atoms with Gasteiger partial charge in [0.25, 0.3) is 0 Å². The third-order valence-corrected chi connectivity index (χ3v) is 9.07. The molecule has 1 aromatic rings. The van der Waals surface area contributed by atoms with Gasteiger partial charge in [0.2, 0.25) is 5.91 Å². The first-order valence-electron chi connectivity index (χ1n) is 11.9. The third-order valence-electron chi connectivity index (χ3n) is 5.86. The summed E-state index contributed by atoms with van der Waals surface area (Å²) in [7, 11) is -3.15. The number of hydrogen-bond acceptors (Lipinski definition) is 7. The monoisotopic (exact) mass is 524 g/mol. The number of alkyl carbamates (subject to hydrolysis) is 1. The van der Waals surface area contributed by atoms with E-state index in [-0.39, 0.29) is 41.7 Å². The molecule has 0 bridgehead atoms. The summed E-state index contributed by atoms with van der Waals surface area (Å²) in [4.78, 5) is 33.0. The summed E-state index contributed by atoms with van der Waals surface area (Å²) in [5.74, 6) is -0.271. The van der Waals surface area contributed by atoms with Crippen molar-refractivity contribution in [3.8, 4) is 0 Å². The van der Waals surface area contributed by atoms with Crippen molar-refractivity contribution in [3.05, 3.63) is 23.8 Å². The molecule has 2 unspecified atom stereocenters. The largest absolute Gasteiger partial charge is 0.444 e. The zero-order valence-corrected chi connectivity index (χ0v) is 23.0. The Labute approximate surface area is 212 Å². The fourth-order valence-corrected chi connectivity index (χ4v) is 8.21. The van der Waals surface area contributed by atoms with Gasteiger partial charge in [-0.25, -0.2) is 13.2 Å². The van der Waals surface area contributed by atoms with Crippen molar-refractivity contribution in [3.63, 3.8) is 0 Å². The summed E-state index contributed by atoms with van der Waals surface area (Å²) >= 11 is 1.34. The highest BCUT2D eigenvalue weighted by Gasteiger charge is 2.49. The van der Waals surface area contributed by atoms with Gasteiger partial charge < -0.3 is 19.9 Å². The molecule has 9 nitrogen and oxygen atoms in total. The van der Waals surface area contributed by atoms with Crippen LogP contribution in [-0.2, 0) is 19.4 Å². The molecule has 2 fully saturated rings. The van der Waals surface area contributed by atoms with Crippen molar-refractivity contribution >= 4 is 50.1 Å². The molecular weight excluding hydrogens is 488 g/mol. The van der Waals surface area contributed by atoms with Crippen LogP contribution in [0.2, 0.25) is 0 Å². The van der Waals surface area contributed by atoms with E-state index in [1.807, 2.05) is 24.0 Å². The van der Waals surface area contributed by atoms with Crippen LogP contribution in [0.3, 0.4) is 0 Å². The summed E-state index contributed by atoms with van der Waals surface area (Å²) in [6.45, 7) is 13.4. The molecule has 0 saturated carbocycles. The van der Waals surface area contributed by atoms with Crippen molar-refractivity contribution < 1.29 is 22.7 Å². The van der Waals surface area contributed by atoms with Crippen molar-refractivity contribution in [1.82, 2.24) is 5.32 Å². The quantitative estimate of drug-likeness (QED) is 0.579. The standard InChI is InChI=1S/C24H36N4O5S2/c1-7-27(8-2)17-9-10-18(16(3)13-17)28-19-14-35(31,32)15-20(19)34-22(28)26-21(29)11-12-25-23(30)33-24(4,5)6/h9-10,13,19-20H,7-8,11-12,14-15H2,1-6H3,(H,25,30). The van der Waals surface area contributed by atoms with Gasteiger partial charge in [-0.15, -0.1) is 0 Å². The number of ether oxygens (including phenoxy) is 1. The number of benzene rings is 1. The number of fused-ring (bicyclic) bond motifs is 1. The maximum absolute atomic E-state index is 12.7. The minimum Gasteiger partial charge on any atom is -0.444 e. The smallest absolute Gasteiger partial charge is 0.407 e. The number of sulfone groups is 1. The Bertz CT molecular complexity index is 1090. The zero-order valence-electron chi connectivity index (χ0n) is 21.3. The van der Waals surface area contributed by atoms with Crippen molar-refractivity contribution in [2.75, 3.05) is 40.9 Å². The molecule has 2 amide bonds. The fourth-order valence-electron chi connectivity index (χ4n) is 4.29. The van der Waals surface area contributed by atoms with Crippen molar-refractivity contribution in [2.45, 2.75) is 64.9 Å². The Hall–Kier alpha value is -2.27. The first kappa shape index (κ1) is 27.3. The topological polar surface area (TPSA) is 108 Å². The van der Waals surface area contributed by atoms with Gasteiger partial charge in [-0.3, -0.25) is 4.79 Å². The number of hydrogen-bond donors (Lipinski definition) is 1. The van der Waals surface area contributed by atoms with Gasteiger partial charge in [0, 0.05) is 42.7 Å². The lowest BCUT2D eigenvalue weighted by molar-refractivity contribution is -0.117. The number of amidine groups is 1. The Kier molecular flexibility index (Phi) is 8.41. The van der Waals surface area contributed by atoms with Crippen LogP contribution in [0.4, 0.5) is 16.2 Å². The highest BCUT2D eigenvalue weighted by atomic mass is 32.2. The van der Waals surface area contributed by atoms with E-state index in [0.717, 1.165) is 30.0 Å². The Balaban J connectivity index is 1.80. The predicted octanol–water partition coefficient (Wildman–Crippen LogP) is 3.36. The van der Waals surface area contributed by atoms with Crippen LogP contribution in [0.15, 0.2) is 23.2 Å². The van der Waals surface area contributed by atoms with E-state index in [9.17, 15) is 18.0 Å². The molecule has 2 saturated heterocycles. The highest BCUT2D eigenvalue weighted by Crippen LogP contribution is 2.42. The number of nitrogens with one attached hydrogen (secondary N) is 1. The van der Waals surface area contributed by atoms with Gasteiger partial charge >= 0.3 is 6.09 Å². The molecular formula is C24H36N4O5S2. The lowest BCUT2D eigenvalue weighted by Gasteiger charge is -2.28. The van der Waals surface area contributed by atoms with Crippen LogP contribution in [0, 0.1) is 6.92 Å². The second kappa shape index (κ2) is 10.8. The van der Waals surface area contributed by atoms with E-state index < -0.39 is 21.5 Å². The van der Waals surface area contributed by atoms with Crippen LogP contribution >= 0.6 is 11.8 Å². The number of thioether (sulfide) groups is 1. The first-order valence-corrected chi connectivity index (χ1v) is 14.6. The van der Waals surface area contributed by atoms with E-state index in [1.54, 1.807) is 20.8 Å². The molecule has 3 rings (SSSR count). The summed E-state index contributed by atoms with van der Waals surface area (Å²) in [5.41, 5.74) is 2.33. The van der Waals surface area contributed by atoms with Crippen LogP contribution in [0.1, 0.15) is 46.6 Å². The van der Waals surface area contributed by atoms with Crippen LogP contribution in [0.25, 0.3) is 0 Å². The summed E-state index contributed by atoms with van der Waals surface area (Å²) < 4.78 is 29.9. The van der Waals surface area contributed by atoms with Gasteiger partial charge in [0.05, 0.1) is 17.5 Å². The molecule has 2 aliphatic rings. The average molecular weight is 525 g/mol. The van der Waals surface area contributed by atoms with E-state index in [4.69, 9.17) is 4.74 Å². The fraction of sp³-hybridized carbons (Fsp3) is 0.625.